The van der Waals surface area contributed by atoms with Crippen LogP contribution in [0.1, 0.15) is 12.0 Å². The first-order valence-electron chi connectivity index (χ1n) is 6.81. The van der Waals surface area contributed by atoms with Crippen LogP contribution < -0.4 is 10.1 Å². The molecule has 0 saturated carbocycles. The number of nitrogens with zero attached hydrogens (tertiary/aromatic N) is 1. The average molecular weight is 266 g/mol. The quantitative estimate of drug-likeness (QED) is 0.654. The third-order valence-electron chi connectivity index (χ3n) is 2.69. The van der Waals surface area contributed by atoms with Crippen molar-refractivity contribution in [3.05, 3.63) is 29.8 Å². The summed E-state index contributed by atoms with van der Waals surface area (Å²) in [6.45, 7) is 3.99. The van der Waals surface area contributed by atoms with Gasteiger partial charge in [-0.2, -0.15) is 0 Å². The van der Waals surface area contributed by atoms with Crippen molar-refractivity contribution >= 4 is 0 Å². The first-order chi connectivity index (χ1) is 9.22. The second-order valence-electron chi connectivity index (χ2n) is 4.79. The summed E-state index contributed by atoms with van der Waals surface area (Å²) in [5.74, 6) is 0.900. The minimum Gasteiger partial charge on any atom is -0.491 e. The van der Waals surface area contributed by atoms with Crippen LogP contribution in [0.3, 0.4) is 0 Å². The molecular weight excluding hydrogens is 240 g/mol. The lowest BCUT2D eigenvalue weighted by Gasteiger charge is -2.10. The van der Waals surface area contributed by atoms with Crippen molar-refractivity contribution in [3.8, 4) is 5.75 Å². The molecule has 0 heterocycles. The van der Waals surface area contributed by atoms with Crippen molar-refractivity contribution in [2.45, 2.75) is 13.0 Å². The fourth-order valence-electron chi connectivity index (χ4n) is 1.71. The van der Waals surface area contributed by atoms with Gasteiger partial charge in [0.25, 0.3) is 0 Å². The standard InChI is InChI=1S/C15H26N2O2/c1-16-13-14-5-7-15(8-6-14)19-12-11-18-10-4-9-17(2)3/h5-8,16H,4,9-13H2,1-3H3. The molecule has 0 aliphatic rings. The van der Waals surface area contributed by atoms with Crippen molar-refractivity contribution in [3.63, 3.8) is 0 Å². The normalized spacial score (nSPS) is 10.9. The molecule has 4 nitrogen and oxygen atoms in total. The van der Waals surface area contributed by atoms with Gasteiger partial charge in [0.15, 0.2) is 0 Å². The smallest absolute Gasteiger partial charge is 0.119 e. The molecule has 108 valence electrons. The highest BCUT2D eigenvalue weighted by Crippen LogP contribution is 2.11. The van der Waals surface area contributed by atoms with Crippen LogP contribution in [0.4, 0.5) is 0 Å². The summed E-state index contributed by atoms with van der Waals surface area (Å²) >= 11 is 0. The molecule has 1 aromatic carbocycles. The molecule has 0 saturated heterocycles. The van der Waals surface area contributed by atoms with Gasteiger partial charge in [0.05, 0.1) is 6.61 Å². The Bertz CT molecular complexity index is 325. The van der Waals surface area contributed by atoms with Crippen molar-refractivity contribution in [2.75, 3.05) is 47.5 Å². The molecule has 0 amide bonds. The number of benzene rings is 1. The molecule has 0 aliphatic carbocycles. The Labute approximate surface area is 116 Å². The lowest BCUT2D eigenvalue weighted by molar-refractivity contribution is 0.0946. The lowest BCUT2D eigenvalue weighted by atomic mass is 10.2. The molecular formula is C15H26N2O2. The van der Waals surface area contributed by atoms with Crippen molar-refractivity contribution in [1.82, 2.24) is 10.2 Å². The molecule has 0 aliphatic heterocycles. The van der Waals surface area contributed by atoms with E-state index in [0.717, 1.165) is 31.9 Å². The summed E-state index contributed by atoms with van der Waals surface area (Å²) in [7, 11) is 6.08. The third kappa shape index (κ3) is 7.82. The van der Waals surface area contributed by atoms with Gasteiger partial charge in [0.1, 0.15) is 12.4 Å². The fourth-order valence-corrected chi connectivity index (χ4v) is 1.71. The molecule has 0 unspecified atom stereocenters. The largest absolute Gasteiger partial charge is 0.491 e. The number of nitrogens with one attached hydrogen (secondary N) is 1. The van der Waals surface area contributed by atoms with E-state index in [0.29, 0.717) is 13.2 Å². The van der Waals surface area contributed by atoms with Gasteiger partial charge in [0, 0.05) is 13.2 Å². The maximum atomic E-state index is 5.61. The molecule has 19 heavy (non-hydrogen) atoms. The van der Waals surface area contributed by atoms with E-state index < -0.39 is 0 Å². The van der Waals surface area contributed by atoms with Gasteiger partial charge in [0.2, 0.25) is 0 Å². The summed E-state index contributed by atoms with van der Waals surface area (Å²) in [5, 5.41) is 3.12. The SMILES string of the molecule is CNCc1ccc(OCCOCCCN(C)C)cc1. The maximum Gasteiger partial charge on any atom is 0.119 e. The van der Waals surface area contributed by atoms with Crippen LogP contribution in [0.2, 0.25) is 0 Å². The van der Waals surface area contributed by atoms with E-state index in [1.807, 2.05) is 19.2 Å². The Morgan fingerprint density at radius 2 is 1.79 bits per heavy atom. The summed E-state index contributed by atoms with van der Waals surface area (Å²) in [5.41, 5.74) is 1.26. The van der Waals surface area contributed by atoms with E-state index in [1.165, 1.54) is 5.56 Å². The van der Waals surface area contributed by atoms with E-state index in [4.69, 9.17) is 9.47 Å². The van der Waals surface area contributed by atoms with Crippen LogP contribution in [0.15, 0.2) is 24.3 Å². The predicted octanol–water partition coefficient (Wildman–Crippen LogP) is 1.75. The first-order valence-corrected chi connectivity index (χ1v) is 6.81. The Balaban J connectivity index is 2.05. The summed E-state index contributed by atoms with van der Waals surface area (Å²) in [6.07, 6.45) is 1.06. The minimum atomic E-state index is 0.605. The highest BCUT2D eigenvalue weighted by atomic mass is 16.5. The van der Waals surface area contributed by atoms with Gasteiger partial charge < -0.3 is 19.7 Å². The minimum absolute atomic E-state index is 0.605. The number of ether oxygens (including phenoxy) is 2. The predicted molar refractivity (Wildman–Crippen MR) is 78.7 cm³/mol. The summed E-state index contributed by atoms with van der Waals surface area (Å²) in [6, 6.07) is 8.14. The molecule has 1 rings (SSSR count). The Morgan fingerprint density at radius 1 is 1.05 bits per heavy atom. The third-order valence-corrected chi connectivity index (χ3v) is 2.69. The molecule has 1 aromatic rings. The van der Waals surface area contributed by atoms with Gasteiger partial charge in [-0.25, -0.2) is 0 Å². The first kappa shape index (κ1) is 16.0. The van der Waals surface area contributed by atoms with Crippen LogP contribution in [0.5, 0.6) is 5.75 Å². The van der Waals surface area contributed by atoms with Crippen LogP contribution >= 0.6 is 0 Å². The molecule has 0 aromatic heterocycles. The highest BCUT2D eigenvalue weighted by molar-refractivity contribution is 5.27. The monoisotopic (exact) mass is 266 g/mol. The van der Waals surface area contributed by atoms with E-state index in [-0.39, 0.29) is 0 Å². The van der Waals surface area contributed by atoms with Gasteiger partial charge in [-0.1, -0.05) is 12.1 Å². The molecule has 1 N–H and O–H groups in total. The van der Waals surface area contributed by atoms with Gasteiger partial charge in [-0.15, -0.1) is 0 Å². The lowest BCUT2D eigenvalue weighted by Crippen LogP contribution is -2.16. The van der Waals surface area contributed by atoms with Crippen LogP contribution in [0.25, 0.3) is 0 Å². The highest BCUT2D eigenvalue weighted by Gasteiger charge is 1.96. The molecule has 0 bridgehead atoms. The molecule has 0 fully saturated rings. The molecule has 0 spiro atoms. The topological polar surface area (TPSA) is 33.7 Å². The zero-order valence-corrected chi connectivity index (χ0v) is 12.3. The summed E-state index contributed by atoms with van der Waals surface area (Å²) < 4.78 is 11.1. The van der Waals surface area contributed by atoms with Crippen molar-refractivity contribution < 1.29 is 9.47 Å². The number of hydrogen-bond donors (Lipinski definition) is 1. The second kappa shape index (κ2) is 9.78. The van der Waals surface area contributed by atoms with Crippen molar-refractivity contribution in [2.24, 2.45) is 0 Å². The molecule has 0 atom stereocenters. The molecule has 0 radical (unpaired) electrons. The van der Waals surface area contributed by atoms with Gasteiger partial charge in [-0.05, 0) is 51.8 Å². The Morgan fingerprint density at radius 3 is 2.42 bits per heavy atom. The average Bonchev–Trinajstić information content (AvgIpc) is 2.39. The number of hydrogen-bond acceptors (Lipinski definition) is 4. The molecule has 4 heteroatoms. The zero-order chi connectivity index (χ0) is 13.9. The maximum absolute atomic E-state index is 5.61. The van der Waals surface area contributed by atoms with Crippen LogP contribution in [-0.2, 0) is 11.3 Å². The van der Waals surface area contributed by atoms with Gasteiger partial charge >= 0.3 is 0 Å². The fraction of sp³-hybridized carbons (Fsp3) is 0.600. The number of rotatable bonds is 10. The van der Waals surface area contributed by atoms with E-state index in [2.05, 4.69) is 36.4 Å². The Hall–Kier alpha value is -1.10. The van der Waals surface area contributed by atoms with Crippen LogP contribution in [-0.4, -0.2) is 52.4 Å². The van der Waals surface area contributed by atoms with Crippen molar-refractivity contribution in [1.29, 1.82) is 0 Å². The second-order valence-corrected chi connectivity index (χ2v) is 4.79. The van der Waals surface area contributed by atoms with Crippen LogP contribution in [0, 0.1) is 0 Å². The van der Waals surface area contributed by atoms with Gasteiger partial charge in [-0.3, -0.25) is 0 Å². The van der Waals surface area contributed by atoms with E-state index in [9.17, 15) is 0 Å². The Kier molecular flexibility index (Phi) is 8.21. The summed E-state index contributed by atoms with van der Waals surface area (Å²) in [4.78, 5) is 2.16. The van der Waals surface area contributed by atoms with E-state index in [1.54, 1.807) is 0 Å². The van der Waals surface area contributed by atoms with E-state index >= 15 is 0 Å². The zero-order valence-electron chi connectivity index (χ0n) is 12.3.